The number of hydrogen-bond acceptors (Lipinski definition) is 1. The summed E-state index contributed by atoms with van der Waals surface area (Å²) in [5, 5.41) is 0.635. The molecule has 0 saturated carbocycles. The summed E-state index contributed by atoms with van der Waals surface area (Å²) in [7, 11) is 1.60. The van der Waals surface area contributed by atoms with Gasteiger partial charge in [0, 0.05) is 4.47 Å². The van der Waals surface area contributed by atoms with E-state index in [-0.39, 0.29) is 0 Å². The predicted octanol–water partition coefficient (Wildman–Crippen LogP) is 3.87. The first-order chi connectivity index (χ1) is 5.15. The molecular formula is C7H5Br2ClO. The number of methoxy groups -OCH3 is 1. The highest BCUT2D eigenvalue weighted by Gasteiger charge is 2.04. The smallest absolute Gasteiger partial charge is 0.121 e. The van der Waals surface area contributed by atoms with Crippen molar-refractivity contribution < 1.29 is 4.74 Å². The van der Waals surface area contributed by atoms with E-state index >= 15 is 0 Å². The monoisotopic (exact) mass is 298 g/mol. The van der Waals surface area contributed by atoms with E-state index < -0.39 is 0 Å². The van der Waals surface area contributed by atoms with Crippen LogP contribution in [0.5, 0.6) is 5.75 Å². The van der Waals surface area contributed by atoms with Crippen molar-refractivity contribution in [1.82, 2.24) is 0 Å². The van der Waals surface area contributed by atoms with Gasteiger partial charge in [0.2, 0.25) is 0 Å². The van der Waals surface area contributed by atoms with Gasteiger partial charge in [0.1, 0.15) is 5.75 Å². The van der Waals surface area contributed by atoms with Gasteiger partial charge in [0.05, 0.1) is 16.6 Å². The van der Waals surface area contributed by atoms with Crippen LogP contribution in [0.4, 0.5) is 0 Å². The minimum absolute atomic E-state index is 0.635. The third kappa shape index (κ3) is 2.10. The van der Waals surface area contributed by atoms with Crippen molar-refractivity contribution in [2.24, 2.45) is 0 Å². The van der Waals surface area contributed by atoms with E-state index in [0.717, 1.165) is 14.7 Å². The van der Waals surface area contributed by atoms with Crippen molar-refractivity contribution in [3.8, 4) is 5.75 Å². The van der Waals surface area contributed by atoms with E-state index in [1.54, 1.807) is 13.2 Å². The van der Waals surface area contributed by atoms with Gasteiger partial charge in [-0.3, -0.25) is 0 Å². The Labute approximate surface area is 86.9 Å². The van der Waals surface area contributed by atoms with Crippen molar-refractivity contribution in [3.05, 3.63) is 26.1 Å². The highest BCUT2D eigenvalue weighted by Crippen LogP contribution is 2.34. The molecule has 1 nitrogen and oxygen atoms in total. The van der Waals surface area contributed by atoms with Crippen LogP contribution in [0.2, 0.25) is 5.02 Å². The molecule has 1 aromatic rings. The molecule has 0 aromatic heterocycles. The number of halogens is 3. The number of ether oxygens (including phenoxy) is 1. The second kappa shape index (κ2) is 3.78. The zero-order chi connectivity index (χ0) is 8.43. The van der Waals surface area contributed by atoms with Crippen LogP contribution in [0.15, 0.2) is 21.1 Å². The molecule has 0 unspecified atom stereocenters. The van der Waals surface area contributed by atoms with E-state index in [0.29, 0.717) is 5.02 Å². The van der Waals surface area contributed by atoms with E-state index in [1.165, 1.54) is 0 Å². The topological polar surface area (TPSA) is 9.23 Å². The van der Waals surface area contributed by atoms with Crippen molar-refractivity contribution in [1.29, 1.82) is 0 Å². The first-order valence-corrected chi connectivity index (χ1v) is 4.80. The molecule has 0 aliphatic heterocycles. The molecule has 1 aromatic carbocycles. The highest BCUT2D eigenvalue weighted by molar-refractivity contribution is 9.13. The quantitative estimate of drug-likeness (QED) is 0.715. The fraction of sp³-hybridized carbons (Fsp3) is 0.143. The van der Waals surface area contributed by atoms with Crippen LogP contribution in [0, 0.1) is 0 Å². The van der Waals surface area contributed by atoms with Gasteiger partial charge >= 0.3 is 0 Å². The van der Waals surface area contributed by atoms with Crippen LogP contribution < -0.4 is 4.74 Å². The minimum atomic E-state index is 0.635. The molecule has 1 rings (SSSR count). The van der Waals surface area contributed by atoms with Gasteiger partial charge in [-0.05, 0) is 44.0 Å². The Morgan fingerprint density at radius 2 is 2.00 bits per heavy atom. The summed E-state index contributed by atoms with van der Waals surface area (Å²) in [5.74, 6) is 0.741. The van der Waals surface area contributed by atoms with E-state index in [1.807, 2.05) is 6.07 Å². The fourth-order valence-corrected chi connectivity index (χ4v) is 1.64. The minimum Gasteiger partial charge on any atom is -0.497 e. The van der Waals surface area contributed by atoms with Crippen LogP contribution in [-0.4, -0.2) is 7.11 Å². The Bertz CT molecular complexity index is 252. The van der Waals surface area contributed by atoms with Gasteiger partial charge in [-0.15, -0.1) is 0 Å². The van der Waals surface area contributed by atoms with Gasteiger partial charge in [-0.2, -0.15) is 0 Å². The summed E-state index contributed by atoms with van der Waals surface area (Å²) in [6, 6.07) is 3.59. The van der Waals surface area contributed by atoms with Gasteiger partial charge in [0.15, 0.2) is 0 Å². The third-order valence-corrected chi connectivity index (χ3v) is 3.73. The Kier molecular flexibility index (Phi) is 3.22. The Hall–Kier alpha value is 0.270. The molecule has 0 aliphatic carbocycles. The average Bonchev–Trinajstić information content (AvgIpc) is 1.99. The molecule has 0 N–H and O–H groups in total. The second-order valence-electron chi connectivity index (χ2n) is 1.91. The molecule has 0 radical (unpaired) electrons. The zero-order valence-corrected chi connectivity index (χ0v) is 9.62. The van der Waals surface area contributed by atoms with Gasteiger partial charge in [0.25, 0.3) is 0 Å². The lowest BCUT2D eigenvalue weighted by Gasteiger charge is -2.03. The van der Waals surface area contributed by atoms with Gasteiger partial charge in [-0.1, -0.05) is 11.6 Å². The summed E-state index contributed by atoms with van der Waals surface area (Å²) >= 11 is 12.5. The summed E-state index contributed by atoms with van der Waals surface area (Å²) in [4.78, 5) is 0. The fourth-order valence-electron chi connectivity index (χ4n) is 0.650. The number of rotatable bonds is 1. The highest BCUT2D eigenvalue weighted by atomic mass is 79.9. The van der Waals surface area contributed by atoms with Crippen molar-refractivity contribution >= 4 is 43.5 Å². The SMILES string of the molecule is COc1cc(Cl)c(Br)c(Br)c1. The van der Waals surface area contributed by atoms with Crippen LogP contribution in [-0.2, 0) is 0 Å². The molecule has 0 aliphatic rings. The normalized spacial score (nSPS) is 9.82. The van der Waals surface area contributed by atoms with E-state index in [2.05, 4.69) is 31.9 Å². The molecule has 0 bridgehead atoms. The van der Waals surface area contributed by atoms with Gasteiger partial charge < -0.3 is 4.74 Å². The Morgan fingerprint density at radius 1 is 1.36 bits per heavy atom. The largest absolute Gasteiger partial charge is 0.497 e. The molecule has 0 saturated heterocycles. The maximum Gasteiger partial charge on any atom is 0.121 e. The van der Waals surface area contributed by atoms with E-state index in [4.69, 9.17) is 16.3 Å². The standard InChI is InChI=1S/C7H5Br2ClO/c1-11-4-2-5(8)7(9)6(10)3-4/h2-3H,1H3. The lowest BCUT2D eigenvalue weighted by Crippen LogP contribution is -1.83. The first kappa shape index (κ1) is 9.36. The summed E-state index contributed by atoms with van der Waals surface area (Å²) in [6.45, 7) is 0. The third-order valence-electron chi connectivity index (χ3n) is 1.19. The van der Waals surface area contributed by atoms with Crippen molar-refractivity contribution in [2.45, 2.75) is 0 Å². The lowest BCUT2D eigenvalue weighted by atomic mass is 10.3. The number of benzene rings is 1. The molecule has 0 fully saturated rings. The lowest BCUT2D eigenvalue weighted by molar-refractivity contribution is 0.414. The van der Waals surface area contributed by atoms with Crippen molar-refractivity contribution in [3.63, 3.8) is 0 Å². The van der Waals surface area contributed by atoms with Crippen molar-refractivity contribution in [2.75, 3.05) is 7.11 Å². The summed E-state index contributed by atoms with van der Waals surface area (Å²) < 4.78 is 6.73. The molecule has 0 atom stereocenters. The molecular weight excluding hydrogens is 295 g/mol. The molecule has 0 spiro atoms. The molecule has 11 heavy (non-hydrogen) atoms. The van der Waals surface area contributed by atoms with E-state index in [9.17, 15) is 0 Å². The van der Waals surface area contributed by atoms with Crippen LogP contribution in [0.3, 0.4) is 0 Å². The molecule has 60 valence electrons. The summed E-state index contributed by atoms with van der Waals surface area (Å²) in [6.07, 6.45) is 0. The van der Waals surface area contributed by atoms with Crippen LogP contribution in [0.1, 0.15) is 0 Å². The second-order valence-corrected chi connectivity index (χ2v) is 3.96. The summed E-state index contributed by atoms with van der Waals surface area (Å²) in [5.41, 5.74) is 0. The Balaban J connectivity index is 3.21. The van der Waals surface area contributed by atoms with Crippen LogP contribution in [0.25, 0.3) is 0 Å². The Morgan fingerprint density at radius 3 is 2.45 bits per heavy atom. The zero-order valence-electron chi connectivity index (χ0n) is 5.70. The van der Waals surface area contributed by atoms with Crippen LogP contribution >= 0.6 is 43.5 Å². The molecule has 4 heteroatoms. The van der Waals surface area contributed by atoms with Gasteiger partial charge in [-0.25, -0.2) is 0 Å². The number of hydrogen-bond donors (Lipinski definition) is 0. The maximum absolute atomic E-state index is 5.84. The molecule has 0 amide bonds. The maximum atomic E-state index is 5.84. The predicted molar refractivity (Wildman–Crippen MR) is 53.4 cm³/mol. The first-order valence-electron chi connectivity index (χ1n) is 2.83. The average molecular weight is 300 g/mol. The molecule has 0 heterocycles.